The maximum absolute atomic E-state index is 15.7. The van der Waals surface area contributed by atoms with Gasteiger partial charge in [0.2, 0.25) is 0 Å². The number of aromatic nitrogens is 2. The zero-order valence-corrected chi connectivity index (χ0v) is 19.5. The minimum atomic E-state index is -0.579. The van der Waals surface area contributed by atoms with Gasteiger partial charge >= 0.3 is 6.09 Å². The van der Waals surface area contributed by atoms with Gasteiger partial charge in [0.25, 0.3) is 0 Å². The quantitative estimate of drug-likeness (QED) is 0.567. The summed E-state index contributed by atoms with van der Waals surface area (Å²) in [4.78, 5) is 14.0. The summed E-state index contributed by atoms with van der Waals surface area (Å²) in [6.07, 6.45) is 6.41. The van der Waals surface area contributed by atoms with Crippen molar-refractivity contribution in [3.63, 3.8) is 0 Å². The van der Waals surface area contributed by atoms with Crippen LogP contribution in [0.25, 0.3) is 11.1 Å². The van der Waals surface area contributed by atoms with Gasteiger partial charge in [-0.2, -0.15) is 5.10 Å². The van der Waals surface area contributed by atoms with E-state index >= 15 is 4.39 Å². The molecule has 3 heterocycles. The third-order valence-electron chi connectivity index (χ3n) is 6.73. The first-order valence-corrected chi connectivity index (χ1v) is 11.8. The van der Waals surface area contributed by atoms with Gasteiger partial charge in [0, 0.05) is 28.9 Å². The fourth-order valence-corrected chi connectivity index (χ4v) is 4.92. The number of carbonyl (C=O) groups is 1. The second-order valence-corrected chi connectivity index (χ2v) is 8.90. The Kier molecular flexibility index (Phi) is 6.24. The van der Waals surface area contributed by atoms with Crippen molar-refractivity contribution in [2.75, 3.05) is 25.1 Å². The summed E-state index contributed by atoms with van der Waals surface area (Å²) >= 11 is 0. The van der Waals surface area contributed by atoms with Crippen LogP contribution in [-0.4, -0.2) is 42.1 Å². The molecule has 2 aromatic carbocycles. The first-order chi connectivity index (χ1) is 16.6. The molecule has 0 unspecified atom stereocenters. The number of hydrogen-bond acceptors (Lipinski definition) is 5. The fraction of sp³-hybridized carbons (Fsp3) is 0.385. The van der Waals surface area contributed by atoms with Crippen molar-refractivity contribution in [3.05, 3.63) is 60.2 Å². The number of halogens is 1. The molecule has 1 atom stereocenters. The van der Waals surface area contributed by atoms with Crippen LogP contribution in [0.15, 0.2) is 48.8 Å². The molecule has 178 valence electrons. The van der Waals surface area contributed by atoms with Crippen molar-refractivity contribution in [1.29, 1.82) is 0 Å². The minimum absolute atomic E-state index is 0.187. The van der Waals surface area contributed by atoms with Crippen LogP contribution in [0.4, 0.5) is 14.9 Å². The van der Waals surface area contributed by atoms with Gasteiger partial charge in [-0.1, -0.05) is 18.2 Å². The van der Waals surface area contributed by atoms with E-state index in [4.69, 9.17) is 9.47 Å². The highest BCUT2D eigenvalue weighted by Crippen LogP contribution is 2.46. The van der Waals surface area contributed by atoms with E-state index in [0.29, 0.717) is 41.5 Å². The van der Waals surface area contributed by atoms with E-state index in [1.807, 2.05) is 48.1 Å². The normalized spacial score (nSPS) is 18.4. The van der Waals surface area contributed by atoms with Crippen molar-refractivity contribution >= 4 is 11.8 Å². The average Bonchev–Trinajstić information content (AvgIpc) is 3.36. The lowest BCUT2D eigenvalue weighted by Crippen LogP contribution is -2.42. The SMILES string of the molecule is COC(=O)N1c2c(F)cc(-c3cnn(C4CCNCC4)c3)c(Oc3ccccc3)c2CC[C@@H]1C. The summed E-state index contributed by atoms with van der Waals surface area (Å²) in [5, 5.41) is 7.97. The van der Waals surface area contributed by atoms with Crippen molar-refractivity contribution in [2.45, 2.75) is 44.7 Å². The highest BCUT2D eigenvalue weighted by molar-refractivity contribution is 5.92. The van der Waals surface area contributed by atoms with Crippen LogP contribution in [0, 0.1) is 5.82 Å². The van der Waals surface area contributed by atoms with Crippen LogP contribution in [0.1, 0.15) is 37.8 Å². The highest BCUT2D eigenvalue weighted by Gasteiger charge is 2.35. The molecule has 1 amide bonds. The molecule has 1 saturated heterocycles. The molecule has 1 N–H and O–H groups in total. The molecule has 2 aliphatic heterocycles. The molecule has 7 nitrogen and oxygen atoms in total. The number of nitrogens with one attached hydrogen (secondary N) is 1. The molecule has 3 aromatic rings. The lowest BCUT2D eigenvalue weighted by Gasteiger charge is -2.35. The van der Waals surface area contributed by atoms with Gasteiger partial charge < -0.3 is 14.8 Å². The smallest absolute Gasteiger partial charge is 0.414 e. The van der Waals surface area contributed by atoms with Gasteiger partial charge in [0.1, 0.15) is 17.3 Å². The van der Waals surface area contributed by atoms with Gasteiger partial charge in [0.15, 0.2) is 0 Å². The molecule has 1 aromatic heterocycles. The van der Waals surface area contributed by atoms with Gasteiger partial charge in [-0.05, 0) is 63.9 Å². The number of fused-ring (bicyclic) bond motifs is 1. The van der Waals surface area contributed by atoms with Crippen LogP contribution in [0.2, 0.25) is 0 Å². The Morgan fingerprint density at radius 1 is 1.18 bits per heavy atom. The van der Waals surface area contributed by atoms with Crippen LogP contribution in [0.5, 0.6) is 11.5 Å². The van der Waals surface area contributed by atoms with Crippen LogP contribution in [-0.2, 0) is 11.2 Å². The molecule has 0 bridgehead atoms. The topological polar surface area (TPSA) is 68.6 Å². The molecular formula is C26H29FN4O3. The number of benzene rings is 2. The number of carbonyl (C=O) groups excluding carboxylic acids is 1. The van der Waals surface area contributed by atoms with Crippen LogP contribution >= 0.6 is 0 Å². The second kappa shape index (κ2) is 9.46. The Balaban J connectivity index is 1.64. The Hall–Kier alpha value is -3.39. The molecule has 2 aliphatic rings. The first kappa shape index (κ1) is 22.4. The maximum Gasteiger partial charge on any atom is 0.414 e. The van der Waals surface area contributed by atoms with Crippen LogP contribution < -0.4 is 15.0 Å². The number of rotatable bonds is 4. The van der Waals surface area contributed by atoms with Crippen molar-refractivity contribution in [3.8, 4) is 22.6 Å². The molecule has 0 spiro atoms. The molecule has 34 heavy (non-hydrogen) atoms. The number of methoxy groups -OCH3 is 1. The lowest BCUT2D eigenvalue weighted by atomic mass is 9.92. The maximum atomic E-state index is 15.7. The molecular weight excluding hydrogens is 435 g/mol. The average molecular weight is 465 g/mol. The van der Waals surface area contributed by atoms with Crippen molar-refractivity contribution in [2.24, 2.45) is 0 Å². The summed E-state index contributed by atoms with van der Waals surface area (Å²) in [7, 11) is 1.31. The summed E-state index contributed by atoms with van der Waals surface area (Å²) in [5.41, 5.74) is 2.30. The number of anilines is 1. The van der Waals surface area contributed by atoms with Gasteiger partial charge in [-0.25, -0.2) is 9.18 Å². The Labute approximate surface area is 198 Å². The van der Waals surface area contributed by atoms with E-state index in [1.165, 1.54) is 18.1 Å². The Morgan fingerprint density at radius 2 is 1.94 bits per heavy atom. The van der Waals surface area contributed by atoms with E-state index in [2.05, 4.69) is 10.4 Å². The fourth-order valence-electron chi connectivity index (χ4n) is 4.92. The highest BCUT2D eigenvalue weighted by atomic mass is 19.1. The number of ether oxygens (including phenoxy) is 2. The monoisotopic (exact) mass is 464 g/mol. The molecule has 5 rings (SSSR count). The summed E-state index contributed by atoms with van der Waals surface area (Å²) in [6, 6.07) is 11.0. The summed E-state index contributed by atoms with van der Waals surface area (Å²) in [6.45, 7) is 3.81. The van der Waals surface area contributed by atoms with E-state index in [0.717, 1.165) is 31.5 Å². The lowest BCUT2D eigenvalue weighted by molar-refractivity contribution is 0.175. The Bertz CT molecular complexity index is 1170. The number of nitrogens with zero attached hydrogens (tertiary/aromatic N) is 3. The number of amides is 1. The van der Waals surface area contributed by atoms with E-state index in [1.54, 1.807) is 6.20 Å². The van der Waals surface area contributed by atoms with Crippen LogP contribution in [0.3, 0.4) is 0 Å². The molecule has 0 radical (unpaired) electrons. The minimum Gasteiger partial charge on any atom is -0.456 e. The van der Waals surface area contributed by atoms with Gasteiger partial charge in [-0.3, -0.25) is 9.58 Å². The summed E-state index contributed by atoms with van der Waals surface area (Å²) < 4.78 is 29.0. The first-order valence-electron chi connectivity index (χ1n) is 11.8. The number of piperidine rings is 1. The van der Waals surface area contributed by atoms with Crippen molar-refractivity contribution < 1.29 is 18.7 Å². The molecule has 0 aliphatic carbocycles. The van der Waals surface area contributed by atoms with Crippen molar-refractivity contribution in [1.82, 2.24) is 15.1 Å². The van der Waals surface area contributed by atoms with E-state index in [-0.39, 0.29) is 11.7 Å². The zero-order chi connectivity index (χ0) is 23.7. The molecule has 0 saturated carbocycles. The number of hydrogen-bond donors (Lipinski definition) is 1. The third kappa shape index (κ3) is 4.14. The third-order valence-corrected chi connectivity index (χ3v) is 6.73. The summed E-state index contributed by atoms with van der Waals surface area (Å²) in [5.74, 6) is 0.719. The molecule has 8 heteroatoms. The van der Waals surface area contributed by atoms with E-state index in [9.17, 15) is 4.79 Å². The largest absolute Gasteiger partial charge is 0.456 e. The predicted molar refractivity (Wildman–Crippen MR) is 128 cm³/mol. The number of para-hydroxylation sites is 1. The molecule has 1 fully saturated rings. The van der Waals surface area contributed by atoms with Gasteiger partial charge in [-0.15, -0.1) is 0 Å². The Morgan fingerprint density at radius 3 is 2.68 bits per heavy atom. The van der Waals surface area contributed by atoms with Gasteiger partial charge in [0.05, 0.1) is 25.0 Å². The predicted octanol–water partition coefficient (Wildman–Crippen LogP) is 5.31. The standard InChI is InChI=1S/C26H29FN4O3/c1-17-8-9-21-24(31(17)26(32)33-2)23(27)14-22(25(21)34-20-6-4-3-5-7-20)18-15-29-30(16-18)19-10-12-28-13-11-19/h3-7,14-17,19,28H,8-13H2,1-2H3/t17-/m0/s1. The zero-order valence-electron chi connectivity index (χ0n) is 19.5. The second-order valence-electron chi connectivity index (χ2n) is 8.90. The van der Waals surface area contributed by atoms with E-state index < -0.39 is 11.9 Å².